The third-order valence-electron chi connectivity index (χ3n) is 6.51. The van der Waals surface area contributed by atoms with E-state index in [1.54, 1.807) is 4.90 Å². The van der Waals surface area contributed by atoms with Gasteiger partial charge in [0.05, 0.1) is 6.04 Å². The molecular formula is C26H32N4O3. The Hall–Kier alpha value is -3.19. The van der Waals surface area contributed by atoms with Crippen LogP contribution in [0.3, 0.4) is 0 Å². The Morgan fingerprint density at radius 1 is 0.939 bits per heavy atom. The highest BCUT2D eigenvalue weighted by Crippen LogP contribution is 2.24. The number of carbonyl (C=O) groups excluding carboxylic acids is 3. The van der Waals surface area contributed by atoms with E-state index in [2.05, 4.69) is 10.2 Å². The molecule has 4 rings (SSSR count). The van der Waals surface area contributed by atoms with Crippen LogP contribution in [0.25, 0.3) is 0 Å². The molecule has 7 nitrogen and oxygen atoms in total. The Balaban J connectivity index is 1.35. The summed E-state index contributed by atoms with van der Waals surface area (Å²) in [6, 6.07) is 14.8. The SMILES string of the molecule is Cc1cccc(C(=O)N2CCCN(C(C)C(=O)Nc3cccc(N4CCCC4=O)c3)CC2)c1. The van der Waals surface area contributed by atoms with Gasteiger partial charge in [0.2, 0.25) is 11.8 Å². The van der Waals surface area contributed by atoms with Crippen molar-refractivity contribution >= 4 is 29.1 Å². The number of nitrogens with one attached hydrogen (secondary N) is 1. The summed E-state index contributed by atoms with van der Waals surface area (Å²) >= 11 is 0. The topological polar surface area (TPSA) is 73.0 Å². The van der Waals surface area contributed by atoms with Crippen molar-refractivity contribution in [3.8, 4) is 0 Å². The fourth-order valence-electron chi connectivity index (χ4n) is 4.57. The maximum atomic E-state index is 13.0. The van der Waals surface area contributed by atoms with Crippen LogP contribution in [0.15, 0.2) is 48.5 Å². The van der Waals surface area contributed by atoms with Gasteiger partial charge in [-0.25, -0.2) is 0 Å². The number of nitrogens with zero attached hydrogens (tertiary/aromatic N) is 3. The van der Waals surface area contributed by atoms with Crippen molar-refractivity contribution < 1.29 is 14.4 Å². The van der Waals surface area contributed by atoms with E-state index in [0.29, 0.717) is 37.3 Å². The minimum absolute atomic E-state index is 0.0472. The average molecular weight is 449 g/mol. The Bertz CT molecular complexity index is 1040. The maximum absolute atomic E-state index is 13.0. The van der Waals surface area contributed by atoms with Crippen molar-refractivity contribution in [2.75, 3.05) is 42.9 Å². The first-order chi connectivity index (χ1) is 15.9. The van der Waals surface area contributed by atoms with E-state index in [1.807, 2.05) is 67.3 Å². The van der Waals surface area contributed by atoms with Crippen molar-refractivity contribution in [3.63, 3.8) is 0 Å². The van der Waals surface area contributed by atoms with Crippen LogP contribution in [0.2, 0.25) is 0 Å². The molecule has 174 valence electrons. The van der Waals surface area contributed by atoms with Crippen molar-refractivity contribution in [1.29, 1.82) is 0 Å². The van der Waals surface area contributed by atoms with Crippen LogP contribution in [0, 0.1) is 6.92 Å². The lowest BCUT2D eigenvalue weighted by atomic mass is 10.1. The van der Waals surface area contributed by atoms with Gasteiger partial charge in [-0.1, -0.05) is 23.8 Å². The first kappa shape index (κ1) is 23.0. The first-order valence-corrected chi connectivity index (χ1v) is 11.7. The summed E-state index contributed by atoms with van der Waals surface area (Å²) in [7, 11) is 0. The standard InChI is InChI=1S/C26H32N4O3/c1-19-7-3-8-21(17-19)26(33)29-13-6-12-28(15-16-29)20(2)25(32)27-22-9-4-10-23(18-22)30-14-5-11-24(30)31/h3-4,7-10,17-18,20H,5-6,11-16H2,1-2H3,(H,27,32). The highest BCUT2D eigenvalue weighted by Gasteiger charge is 2.27. The molecule has 2 saturated heterocycles. The fraction of sp³-hybridized carbons (Fsp3) is 0.423. The zero-order valence-corrected chi connectivity index (χ0v) is 19.4. The number of amides is 3. The maximum Gasteiger partial charge on any atom is 0.253 e. The predicted molar refractivity (Wildman–Crippen MR) is 129 cm³/mol. The molecule has 0 saturated carbocycles. The van der Waals surface area contributed by atoms with E-state index in [4.69, 9.17) is 0 Å². The van der Waals surface area contributed by atoms with E-state index in [1.165, 1.54) is 0 Å². The molecular weight excluding hydrogens is 416 g/mol. The van der Waals surface area contributed by atoms with Crippen LogP contribution in [0.5, 0.6) is 0 Å². The molecule has 0 radical (unpaired) electrons. The Kier molecular flexibility index (Phi) is 7.08. The molecule has 2 aliphatic heterocycles. The van der Waals surface area contributed by atoms with E-state index < -0.39 is 0 Å². The third-order valence-corrected chi connectivity index (χ3v) is 6.51. The van der Waals surface area contributed by atoms with E-state index in [0.717, 1.165) is 37.2 Å². The van der Waals surface area contributed by atoms with Crippen LogP contribution >= 0.6 is 0 Å². The average Bonchev–Trinajstić information content (AvgIpc) is 3.09. The van der Waals surface area contributed by atoms with Crippen molar-refractivity contribution in [3.05, 3.63) is 59.7 Å². The highest BCUT2D eigenvalue weighted by atomic mass is 16.2. The zero-order valence-electron chi connectivity index (χ0n) is 19.4. The zero-order chi connectivity index (χ0) is 23.4. The lowest BCUT2D eigenvalue weighted by molar-refractivity contribution is -0.120. The molecule has 1 N–H and O–H groups in total. The van der Waals surface area contributed by atoms with Gasteiger partial charge in [0, 0.05) is 56.1 Å². The monoisotopic (exact) mass is 448 g/mol. The predicted octanol–water partition coefficient (Wildman–Crippen LogP) is 3.30. The van der Waals surface area contributed by atoms with Crippen LogP contribution in [-0.2, 0) is 9.59 Å². The van der Waals surface area contributed by atoms with Gasteiger partial charge in [-0.05, 0) is 57.0 Å². The number of carbonyl (C=O) groups is 3. The summed E-state index contributed by atoms with van der Waals surface area (Å²) in [5, 5.41) is 3.01. The van der Waals surface area contributed by atoms with Gasteiger partial charge in [-0.3, -0.25) is 19.3 Å². The molecule has 1 unspecified atom stereocenters. The number of anilines is 2. The van der Waals surface area contributed by atoms with Gasteiger partial charge in [-0.2, -0.15) is 0 Å². The minimum atomic E-state index is -0.323. The summed E-state index contributed by atoms with van der Waals surface area (Å²) in [5.74, 6) is 0.0884. The Morgan fingerprint density at radius 2 is 1.76 bits per heavy atom. The number of rotatable bonds is 5. The molecule has 3 amide bonds. The molecule has 2 aromatic carbocycles. The normalized spacial score (nSPS) is 18.2. The second kappa shape index (κ2) is 10.2. The van der Waals surface area contributed by atoms with Gasteiger partial charge in [-0.15, -0.1) is 0 Å². The van der Waals surface area contributed by atoms with Crippen molar-refractivity contribution in [2.45, 2.75) is 39.2 Å². The molecule has 0 spiro atoms. The van der Waals surface area contributed by atoms with Gasteiger partial charge >= 0.3 is 0 Å². The van der Waals surface area contributed by atoms with Gasteiger partial charge in [0.25, 0.3) is 5.91 Å². The number of hydrogen-bond acceptors (Lipinski definition) is 4. The summed E-state index contributed by atoms with van der Waals surface area (Å²) in [5.41, 5.74) is 3.30. The van der Waals surface area contributed by atoms with Crippen LogP contribution in [0.1, 0.15) is 42.1 Å². The summed E-state index contributed by atoms with van der Waals surface area (Å²) < 4.78 is 0. The first-order valence-electron chi connectivity index (χ1n) is 11.7. The molecule has 2 aromatic rings. The number of hydrogen-bond donors (Lipinski definition) is 1. The molecule has 2 fully saturated rings. The molecule has 0 bridgehead atoms. The molecule has 1 atom stereocenters. The largest absolute Gasteiger partial charge is 0.337 e. The highest BCUT2D eigenvalue weighted by molar-refractivity contribution is 5.98. The molecule has 7 heteroatoms. The second-order valence-electron chi connectivity index (χ2n) is 8.92. The van der Waals surface area contributed by atoms with Crippen LogP contribution < -0.4 is 10.2 Å². The number of benzene rings is 2. The van der Waals surface area contributed by atoms with E-state index >= 15 is 0 Å². The van der Waals surface area contributed by atoms with Crippen molar-refractivity contribution in [1.82, 2.24) is 9.80 Å². The third kappa shape index (κ3) is 5.42. The summed E-state index contributed by atoms with van der Waals surface area (Å²) in [4.78, 5) is 43.7. The van der Waals surface area contributed by atoms with Crippen LogP contribution in [-0.4, -0.2) is 66.3 Å². The molecule has 2 aliphatic rings. The lowest BCUT2D eigenvalue weighted by Gasteiger charge is -2.27. The second-order valence-corrected chi connectivity index (χ2v) is 8.92. The van der Waals surface area contributed by atoms with Gasteiger partial charge in [0.15, 0.2) is 0 Å². The summed E-state index contributed by atoms with van der Waals surface area (Å²) in [6.07, 6.45) is 2.26. The Labute approximate surface area is 195 Å². The molecule has 33 heavy (non-hydrogen) atoms. The van der Waals surface area contributed by atoms with Gasteiger partial charge in [0.1, 0.15) is 0 Å². The van der Waals surface area contributed by atoms with Crippen LogP contribution in [0.4, 0.5) is 11.4 Å². The van der Waals surface area contributed by atoms with Gasteiger partial charge < -0.3 is 15.1 Å². The fourth-order valence-corrected chi connectivity index (χ4v) is 4.57. The molecule has 0 aromatic heterocycles. The van der Waals surface area contributed by atoms with E-state index in [-0.39, 0.29) is 23.8 Å². The molecule has 2 heterocycles. The molecule has 0 aliphatic carbocycles. The van der Waals surface area contributed by atoms with Crippen molar-refractivity contribution in [2.24, 2.45) is 0 Å². The smallest absolute Gasteiger partial charge is 0.253 e. The number of aryl methyl sites for hydroxylation is 1. The quantitative estimate of drug-likeness (QED) is 0.762. The lowest BCUT2D eigenvalue weighted by Crippen LogP contribution is -2.44. The summed E-state index contributed by atoms with van der Waals surface area (Å²) in [6.45, 7) is 7.29. The minimum Gasteiger partial charge on any atom is -0.337 e. The van der Waals surface area contributed by atoms with E-state index in [9.17, 15) is 14.4 Å². The Morgan fingerprint density at radius 3 is 2.52 bits per heavy atom.